The smallest absolute Gasteiger partial charge is 0.241 e. The van der Waals surface area contributed by atoms with Gasteiger partial charge in [-0.2, -0.15) is 0 Å². The maximum absolute atomic E-state index is 13.7. The Morgan fingerprint density at radius 1 is 1.48 bits per heavy atom. The predicted octanol–water partition coefficient (Wildman–Crippen LogP) is 1.39. The van der Waals surface area contributed by atoms with E-state index in [1.807, 2.05) is 0 Å². The fourth-order valence-corrected chi connectivity index (χ4v) is 3.29. The molecule has 1 unspecified atom stereocenters. The van der Waals surface area contributed by atoms with Gasteiger partial charge in [0.2, 0.25) is 10.0 Å². The lowest BCUT2D eigenvalue weighted by atomic mass is 10.1. The monoisotopic (exact) mass is 313 g/mol. The van der Waals surface area contributed by atoms with E-state index in [0.29, 0.717) is 5.82 Å². The molecule has 0 radical (unpaired) electrons. The van der Waals surface area contributed by atoms with Gasteiger partial charge in [0.15, 0.2) is 0 Å². The Kier molecular flexibility index (Phi) is 4.40. The van der Waals surface area contributed by atoms with Gasteiger partial charge >= 0.3 is 0 Å². The number of H-pyrrole nitrogens is 1. The fraction of sp³-hybridized carbons (Fsp3) is 0.308. The first-order chi connectivity index (χ1) is 9.85. The number of aryl methyl sites for hydroxylation is 1. The predicted molar refractivity (Wildman–Crippen MR) is 74.4 cm³/mol. The van der Waals surface area contributed by atoms with Gasteiger partial charge in [-0.15, -0.1) is 0 Å². The highest BCUT2D eigenvalue weighted by Crippen LogP contribution is 2.21. The lowest BCUT2D eigenvalue weighted by Crippen LogP contribution is -2.28. The number of aliphatic hydroxyl groups excluding tert-OH is 1. The van der Waals surface area contributed by atoms with E-state index in [4.69, 9.17) is 5.11 Å². The normalized spacial score (nSPS) is 13.3. The summed E-state index contributed by atoms with van der Waals surface area (Å²) in [5.74, 6) is -0.129. The molecule has 0 saturated carbocycles. The molecule has 114 valence electrons. The van der Waals surface area contributed by atoms with Gasteiger partial charge in [-0.3, -0.25) is 0 Å². The summed E-state index contributed by atoms with van der Waals surface area (Å²) in [6.45, 7) is 2.52. The van der Waals surface area contributed by atoms with Crippen LogP contribution >= 0.6 is 0 Å². The van der Waals surface area contributed by atoms with Gasteiger partial charge in [0.05, 0.1) is 17.5 Å². The molecule has 0 saturated heterocycles. The van der Waals surface area contributed by atoms with Crippen LogP contribution in [0.15, 0.2) is 29.4 Å². The van der Waals surface area contributed by atoms with Crippen molar-refractivity contribution in [2.24, 2.45) is 0 Å². The zero-order chi connectivity index (χ0) is 15.6. The number of nitrogens with one attached hydrogen (secondary N) is 2. The minimum absolute atomic E-state index is 0.0546. The van der Waals surface area contributed by atoms with E-state index in [0.717, 1.165) is 6.07 Å². The van der Waals surface area contributed by atoms with Crippen LogP contribution in [0.1, 0.15) is 29.9 Å². The van der Waals surface area contributed by atoms with Gasteiger partial charge in [-0.25, -0.2) is 22.5 Å². The molecule has 1 atom stereocenters. The minimum Gasteiger partial charge on any atom is -0.392 e. The minimum atomic E-state index is -3.85. The highest BCUT2D eigenvalue weighted by Gasteiger charge is 2.21. The number of hydrogen-bond donors (Lipinski definition) is 3. The second-order valence-electron chi connectivity index (χ2n) is 4.69. The summed E-state index contributed by atoms with van der Waals surface area (Å²) in [7, 11) is -3.85. The first-order valence-electron chi connectivity index (χ1n) is 6.26. The summed E-state index contributed by atoms with van der Waals surface area (Å²) < 4.78 is 40.7. The van der Waals surface area contributed by atoms with Crippen molar-refractivity contribution >= 4 is 10.0 Å². The number of benzene rings is 1. The van der Waals surface area contributed by atoms with Gasteiger partial charge in [0, 0.05) is 18.0 Å². The van der Waals surface area contributed by atoms with E-state index in [9.17, 15) is 12.8 Å². The highest BCUT2D eigenvalue weighted by molar-refractivity contribution is 7.89. The molecule has 2 aromatic rings. The van der Waals surface area contributed by atoms with Crippen molar-refractivity contribution in [1.82, 2.24) is 14.7 Å². The van der Waals surface area contributed by atoms with Crippen molar-refractivity contribution in [3.05, 3.63) is 47.3 Å². The van der Waals surface area contributed by atoms with Crippen LogP contribution in [0.4, 0.5) is 4.39 Å². The number of aromatic amines is 1. The molecular formula is C13H16FN3O3S. The van der Waals surface area contributed by atoms with Crippen LogP contribution < -0.4 is 4.72 Å². The number of hydrogen-bond acceptors (Lipinski definition) is 4. The van der Waals surface area contributed by atoms with Crippen molar-refractivity contribution in [3.8, 4) is 0 Å². The molecule has 0 spiro atoms. The molecule has 0 aliphatic carbocycles. The van der Waals surface area contributed by atoms with E-state index in [1.54, 1.807) is 13.1 Å². The van der Waals surface area contributed by atoms with Gasteiger partial charge < -0.3 is 10.1 Å². The Bertz CT molecular complexity index is 729. The molecule has 0 aliphatic heterocycles. The number of imidazole rings is 1. The summed E-state index contributed by atoms with van der Waals surface area (Å²) in [5, 5.41) is 9.09. The van der Waals surface area contributed by atoms with Gasteiger partial charge in [-0.05, 0) is 31.5 Å². The van der Waals surface area contributed by atoms with Crippen molar-refractivity contribution in [2.75, 3.05) is 0 Å². The average molecular weight is 313 g/mol. The third-order valence-electron chi connectivity index (χ3n) is 3.05. The molecule has 3 N–H and O–H groups in total. The molecule has 0 fully saturated rings. The lowest BCUT2D eigenvalue weighted by molar-refractivity contribution is 0.275. The topological polar surface area (TPSA) is 95.1 Å². The molecule has 6 nitrogen and oxygen atoms in total. The van der Waals surface area contributed by atoms with Crippen LogP contribution in [0.3, 0.4) is 0 Å². The Morgan fingerprint density at radius 2 is 2.19 bits per heavy atom. The molecule has 1 heterocycles. The van der Waals surface area contributed by atoms with Crippen LogP contribution in [0.25, 0.3) is 0 Å². The quantitative estimate of drug-likeness (QED) is 0.777. The third kappa shape index (κ3) is 3.29. The SMILES string of the molecule is Cc1cc(S(=O)(=O)NC(C)c2ncc[nH]2)cc(CO)c1F. The Morgan fingerprint density at radius 3 is 2.76 bits per heavy atom. The number of rotatable bonds is 5. The number of sulfonamides is 1. The average Bonchev–Trinajstić information content (AvgIpc) is 2.95. The second-order valence-corrected chi connectivity index (χ2v) is 6.40. The Hall–Kier alpha value is -1.77. The van der Waals surface area contributed by atoms with E-state index in [1.165, 1.54) is 19.2 Å². The zero-order valence-corrected chi connectivity index (χ0v) is 12.4. The van der Waals surface area contributed by atoms with Crippen LogP contribution in [0.2, 0.25) is 0 Å². The maximum Gasteiger partial charge on any atom is 0.241 e. The summed E-state index contributed by atoms with van der Waals surface area (Å²) >= 11 is 0. The van der Waals surface area contributed by atoms with E-state index >= 15 is 0 Å². The van der Waals surface area contributed by atoms with Gasteiger partial charge in [-0.1, -0.05) is 0 Å². The molecule has 2 rings (SSSR count). The first-order valence-corrected chi connectivity index (χ1v) is 7.75. The third-order valence-corrected chi connectivity index (χ3v) is 4.57. The molecular weight excluding hydrogens is 297 g/mol. The van der Waals surface area contributed by atoms with Crippen LogP contribution in [0.5, 0.6) is 0 Å². The number of aliphatic hydroxyl groups is 1. The van der Waals surface area contributed by atoms with Crippen LogP contribution in [-0.4, -0.2) is 23.5 Å². The highest BCUT2D eigenvalue weighted by atomic mass is 32.2. The molecule has 0 aliphatic rings. The van der Waals surface area contributed by atoms with Crippen LogP contribution in [-0.2, 0) is 16.6 Å². The van der Waals surface area contributed by atoms with Crippen molar-refractivity contribution in [1.29, 1.82) is 0 Å². The zero-order valence-electron chi connectivity index (χ0n) is 11.6. The fourth-order valence-electron chi connectivity index (χ4n) is 1.95. The van der Waals surface area contributed by atoms with Crippen molar-refractivity contribution < 1.29 is 17.9 Å². The largest absolute Gasteiger partial charge is 0.392 e. The van der Waals surface area contributed by atoms with E-state index < -0.39 is 28.5 Å². The standard InChI is InChI=1S/C13H16FN3O3S/c1-8-5-11(6-10(7-18)12(8)14)21(19,20)17-9(2)13-15-3-4-16-13/h3-6,9,17-18H,7H2,1-2H3,(H,15,16). The van der Waals surface area contributed by atoms with Gasteiger partial charge in [0.25, 0.3) is 0 Å². The maximum atomic E-state index is 13.7. The molecule has 8 heteroatoms. The Balaban J connectivity index is 2.34. The Labute approximate surface area is 122 Å². The summed E-state index contributed by atoms with van der Waals surface area (Å²) in [5.41, 5.74) is 0.105. The summed E-state index contributed by atoms with van der Waals surface area (Å²) in [6.07, 6.45) is 3.11. The lowest BCUT2D eigenvalue weighted by Gasteiger charge is -2.14. The van der Waals surface area contributed by atoms with E-state index in [2.05, 4.69) is 14.7 Å². The molecule has 21 heavy (non-hydrogen) atoms. The van der Waals surface area contributed by atoms with Gasteiger partial charge in [0.1, 0.15) is 11.6 Å². The summed E-state index contributed by atoms with van der Waals surface area (Å²) in [4.78, 5) is 6.70. The number of nitrogens with zero attached hydrogens (tertiary/aromatic N) is 1. The number of halogens is 1. The molecule has 0 bridgehead atoms. The molecule has 0 amide bonds. The van der Waals surface area contributed by atoms with Crippen molar-refractivity contribution in [3.63, 3.8) is 0 Å². The molecule has 1 aromatic carbocycles. The van der Waals surface area contributed by atoms with Crippen LogP contribution in [0, 0.1) is 12.7 Å². The molecule has 1 aromatic heterocycles. The van der Waals surface area contributed by atoms with E-state index in [-0.39, 0.29) is 16.0 Å². The van der Waals surface area contributed by atoms with Crippen molar-refractivity contribution in [2.45, 2.75) is 31.4 Å². The number of aromatic nitrogens is 2. The summed E-state index contributed by atoms with van der Waals surface area (Å²) in [6, 6.07) is 1.79. The first kappa shape index (κ1) is 15.6. The second kappa shape index (κ2) is 5.92.